The molecule has 0 saturated heterocycles. The largest absolute Gasteiger partial charge is 2.00 e. The Labute approximate surface area is 151 Å². The summed E-state index contributed by atoms with van der Waals surface area (Å²) in [5, 5.41) is 19.0. The second-order valence-electron chi connectivity index (χ2n) is 3.45. The average Bonchev–Trinajstić information content (AvgIpc) is 2.35. The maximum Gasteiger partial charge on any atom is 2.00 e. The summed E-state index contributed by atoms with van der Waals surface area (Å²) in [6, 6.07) is 0. The molecule has 159 valence electrons. The predicted molar refractivity (Wildman–Crippen MR) is 52.5 cm³/mol. The molecule has 0 fully saturated rings. The van der Waals surface area contributed by atoms with Gasteiger partial charge in [-0.2, -0.15) is 52.7 Å². The molecule has 0 amide bonds. The molecular weight excluding hydrogens is 467 g/mol. The predicted octanol–water partition coefficient (Wildman–Crippen LogP) is 2.09. The van der Waals surface area contributed by atoms with Crippen molar-refractivity contribution >= 4 is 12.1 Å². The Bertz CT molecular complexity index is 512. The normalized spacial score (nSPS) is 12.4. The van der Waals surface area contributed by atoms with Crippen LogP contribution in [-0.4, -0.2) is 36.8 Å². The van der Waals surface area contributed by atoms with E-state index in [1.165, 1.54) is 0 Å². The van der Waals surface area contributed by atoms with Crippen molar-refractivity contribution in [3.8, 4) is 0 Å². The van der Waals surface area contributed by atoms with Gasteiger partial charge in [0.15, 0.2) is 0 Å². The van der Waals surface area contributed by atoms with Crippen LogP contribution in [0.15, 0.2) is 24.2 Å². The van der Waals surface area contributed by atoms with Crippen molar-refractivity contribution in [3.05, 3.63) is 24.2 Å². The summed E-state index contributed by atoms with van der Waals surface area (Å²) < 4.78 is 131. The number of hydrogen-bond acceptors (Lipinski definition) is 4. The summed E-state index contributed by atoms with van der Waals surface area (Å²) in [5.41, 5.74) is 0. The van der Waals surface area contributed by atoms with Gasteiger partial charge in [-0.05, 0) is 17.6 Å². The number of halogens is 12. The van der Waals surface area contributed by atoms with E-state index in [-0.39, 0.29) is 17.1 Å². The molecule has 0 heterocycles. The third-order valence-corrected chi connectivity index (χ3v) is 1.27. The van der Waals surface area contributed by atoms with Gasteiger partial charge in [-0.15, -0.1) is 6.58 Å². The standard InChI is InChI=1S/C5H2F6O2.C3H3F3O.C2HF3O.Mn/c6-4(7,8)2(12)1-3(13)5(9,10)11;1-2(7)3(4,5)6;3-2(4,5)1-6;/h1,12H;7H,1H2;1H;/q;;;+2/p-2/b2-1+;;;. The first-order valence-corrected chi connectivity index (χ1v) is 5.09. The molecule has 0 atom stereocenters. The van der Waals surface area contributed by atoms with Gasteiger partial charge >= 0.3 is 41.8 Å². The molecule has 0 bridgehead atoms. The second-order valence-corrected chi connectivity index (χ2v) is 3.45. The molecule has 4 nitrogen and oxygen atoms in total. The van der Waals surface area contributed by atoms with Gasteiger partial charge in [0.2, 0.25) is 6.29 Å². The number of ketones is 1. The summed E-state index contributed by atoms with van der Waals surface area (Å²) in [5.74, 6) is -7.66. The maximum absolute atomic E-state index is 11.3. The Balaban J connectivity index is -0.000000160. The Morgan fingerprint density at radius 1 is 0.741 bits per heavy atom. The van der Waals surface area contributed by atoms with E-state index >= 15 is 0 Å². The molecule has 27 heavy (non-hydrogen) atoms. The molecule has 17 heteroatoms. The fraction of sp³-hybridized carbons (Fsp3) is 0.400. The van der Waals surface area contributed by atoms with Crippen LogP contribution in [0.3, 0.4) is 0 Å². The molecule has 0 rings (SSSR count). The topological polar surface area (TPSA) is 80.3 Å². The van der Waals surface area contributed by atoms with Crippen molar-refractivity contribution < 1.29 is 89.6 Å². The monoisotopic (exact) mass is 471 g/mol. The fourth-order valence-corrected chi connectivity index (χ4v) is 0.283. The van der Waals surface area contributed by atoms with Crippen molar-refractivity contribution in [3.63, 3.8) is 0 Å². The van der Waals surface area contributed by atoms with Gasteiger partial charge < -0.3 is 10.2 Å². The quantitative estimate of drug-likeness (QED) is 0.193. The molecule has 0 aliphatic carbocycles. The summed E-state index contributed by atoms with van der Waals surface area (Å²) in [6.45, 7) is 2.15. The molecule has 0 unspecified atom stereocenters. The first-order valence-electron chi connectivity index (χ1n) is 5.09. The molecule has 0 saturated carbocycles. The van der Waals surface area contributed by atoms with Crippen LogP contribution < -0.4 is 10.2 Å². The Morgan fingerprint density at radius 2 is 1.00 bits per heavy atom. The summed E-state index contributed by atoms with van der Waals surface area (Å²) in [7, 11) is 0. The van der Waals surface area contributed by atoms with Crippen LogP contribution in [0.1, 0.15) is 0 Å². The van der Waals surface area contributed by atoms with E-state index in [2.05, 4.69) is 6.58 Å². The minimum Gasteiger partial charge on any atom is -0.870 e. The Morgan fingerprint density at radius 3 is 1.11 bits per heavy atom. The van der Waals surface area contributed by atoms with Crippen molar-refractivity contribution in [2.75, 3.05) is 0 Å². The summed E-state index contributed by atoms with van der Waals surface area (Å²) >= 11 is 0. The van der Waals surface area contributed by atoms with Crippen LogP contribution >= 0.6 is 0 Å². The summed E-state index contributed by atoms with van der Waals surface area (Å²) in [4.78, 5) is 18.5. The molecule has 0 aromatic heterocycles. The van der Waals surface area contributed by atoms with Crippen molar-refractivity contribution in [1.29, 1.82) is 0 Å². The van der Waals surface area contributed by atoms with Gasteiger partial charge in [0, 0.05) is 0 Å². The molecule has 0 N–H and O–H groups in total. The van der Waals surface area contributed by atoms with E-state index < -0.39 is 54.4 Å². The molecule has 1 radical (unpaired) electrons. The van der Waals surface area contributed by atoms with E-state index in [0.29, 0.717) is 0 Å². The number of allylic oxidation sites excluding steroid dienone is 3. The first-order chi connectivity index (χ1) is 11.1. The SMILES string of the molecule is C=C([O-])C(F)(F)F.O=C(/C=C(/[O-])C(F)(F)F)C(F)(F)F.O=CC(F)(F)F.[Mn+2]. The van der Waals surface area contributed by atoms with Crippen LogP contribution in [0, 0.1) is 0 Å². The number of rotatable bonds is 1. The van der Waals surface area contributed by atoms with Gasteiger partial charge in [0.05, 0.1) is 0 Å². The molecule has 0 spiro atoms. The van der Waals surface area contributed by atoms with Crippen molar-refractivity contribution in [1.82, 2.24) is 0 Å². The zero-order valence-electron chi connectivity index (χ0n) is 11.9. The van der Waals surface area contributed by atoms with E-state index in [9.17, 15) is 67.7 Å². The van der Waals surface area contributed by atoms with E-state index in [1.54, 1.807) is 0 Å². The van der Waals surface area contributed by atoms with Gasteiger partial charge in [0.1, 0.15) is 0 Å². The van der Waals surface area contributed by atoms with Crippen LogP contribution in [-0.2, 0) is 26.7 Å². The Hall–Kier alpha value is -1.90. The average molecular weight is 471 g/mol. The minimum absolute atomic E-state index is 0. The van der Waals surface area contributed by atoms with Crippen LogP contribution in [0.4, 0.5) is 52.7 Å². The third-order valence-electron chi connectivity index (χ3n) is 1.27. The van der Waals surface area contributed by atoms with Crippen LogP contribution in [0.25, 0.3) is 0 Å². The molecule has 0 aliphatic heterocycles. The minimum atomic E-state index is -5.46. The van der Waals surface area contributed by atoms with Crippen LogP contribution in [0.5, 0.6) is 0 Å². The zero-order valence-corrected chi connectivity index (χ0v) is 13.1. The zero-order chi connectivity index (χ0) is 22.1. The second kappa shape index (κ2) is 11.7. The van der Waals surface area contributed by atoms with E-state index in [1.807, 2.05) is 0 Å². The number of carbonyl (C=O) groups excluding carboxylic acids is 2. The van der Waals surface area contributed by atoms with E-state index in [0.717, 1.165) is 0 Å². The number of carbonyl (C=O) groups is 2. The molecule has 0 aliphatic rings. The number of alkyl halides is 12. The maximum atomic E-state index is 11.3. The van der Waals surface area contributed by atoms with Gasteiger partial charge in [-0.3, -0.25) is 9.59 Å². The fourth-order valence-electron chi connectivity index (χ4n) is 0.283. The molecule has 0 aromatic rings. The van der Waals surface area contributed by atoms with E-state index in [4.69, 9.17) is 4.79 Å². The van der Waals surface area contributed by atoms with Crippen molar-refractivity contribution in [2.45, 2.75) is 24.7 Å². The van der Waals surface area contributed by atoms with Gasteiger partial charge in [0.25, 0.3) is 5.78 Å². The first kappa shape index (κ1) is 32.7. The summed E-state index contributed by atoms with van der Waals surface area (Å²) in [6.07, 6.45) is -22.4. The van der Waals surface area contributed by atoms with Gasteiger partial charge in [-0.25, -0.2) is 0 Å². The number of aldehydes is 1. The molecule has 0 aromatic carbocycles. The van der Waals surface area contributed by atoms with Gasteiger partial charge in [-0.1, -0.05) is 0 Å². The number of hydrogen-bond donors (Lipinski definition) is 0. The van der Waals surface area contributed by atoms with Crippen LogP contribution in [0.2, 0.25) is 0 Å². The smallest absolute Gasteiger partial charge is 0.870 e. The third kappa shape index (κ3) is 22.1. The molecular formula is C10H4F12MnO4. The Kier molecular flexibility index (Phi) is 14.2. The van der Waals surface area contributed by atoms with Crippen molar-refractivity contribution in [2.24, 2.45) is 0 Å².